The first kappa shape index (κ1) is 20.2. The predicted octanol–water partition coefficient (Wildman–Crippen LogP) is 1.87. The Balaban J connectivity index is 1.97. The fraction of sp³-hybridized carbons (Fsp3) is 0.438. The van der Waals surface area contributed by atoms with Crippen molar-refractivity contribution in [3.63, 3.8) is 0 Å². The third kappa shape index (κ3) is 4.46. The van der Waals surface area contributed by atoms with E-state index in [9.17, 15) is 22.3 Å². The molecule has 0 radical (unpaired) electrons. The molecule has 148 valence electrons. The maximum atomic E-state index is 14.3. The summed E-state index contributed by atoms with van der Waals surface area (Å²) in [6.45, 7) is -0.373. The number of aromatic nitrogens is 1. The van der Waals surface area contributed by atoms with Crippen molar-refractivity contribution < 1.29 is 31.5 Å². The van der Waals surface area contributed by atoms with Crippen molar-refractivity contribution in [3.05, 3.63) is 52.2 Å². The Kier molecular flexibility index (Phi) is 5.55. The van der Waals surface area contributed by atoms with Crippen LogP contribution in [-0.4, -0.2) is 37.4 Å². The number of nitrogens with one attached hydrogen (secondary N) is 1. The summed E-state index contributed by atoms with van der Waals surface area (Å²) in [5.74, 6) is -1.66. The van der Waals surface area contributed by atoms with E-state index >= 15 is 0 Å². The summed E-state index contributed by atoms with van der Waals surface area (Å²) in [4.78, 5) is 4.13. The van der Waals surface area contributed by atoms with E-state index in [-0.39, 0.29) is 48.2 Å². The van der Waals surface area contributed by atoms with Crippen LogP contribution < -0.4 is 4.72 Å². The summed E-state index contributed by atoms with van der Waals surface area (Å²) in [6.07, 6.45) is 2.22. The van der Waals surface area contributed by atoms with E-state index in [1.54, 1.807) is 0 Å². The minimum atomic E-state index is -3.50. The molecule has 2 heterocycles. The highest BCUT2D eigenvalue weighted by molar-refractivity contribution is 7.88. The van der Waals surface area contributed by atoms with Gasteiger partial charge in [0, 0.05) is 24.9 Å². The Morgan fingerprint density at radius 2 is 2.15 bits per heavy atom. The second-order valence-corrected chi connectivity index (χ2v) is 8.62. The highest BCUT2D eigenvalue weighted by Crippen LogP contribution is 2.40. The van der Waals surface area contributed by atoms with Gasteiger partial charge in [-0.2, -0.15) is 0 Å². The number of halogens is 3. The van der Waals surface area contributed by atoms with Crippen LogP contribution in [0.15, 0.2) is 22.8 Å². The minimum Gasteiger partial charge on any atom is -0.446 e. The highest BCUT2D eigenvalue weighted by Gasteiger charge is 2.47. The number of aliphatic hydroxyl groups is 1. The molecule has 0 aliphatic carbocycles. The molecule has 0 saturated carbocycles. The number of sulfonamides is 1. The van der Waals surface area contributed by atoms with Gasteiger partial charge in [-0.15, -0.1) is 0 Å². The maximum absolute atomic E-state index is 14.3. The summed E-state index contributed by atoms with van der Waals surface area (Å²) in [5.41, 5.74) is -1.01. The Bertz CT molecular complexity index is 952. The molecule has 1 aliphatic rings. The number of benzene rings is 1. The third-order valence-corrected chi connectivity index (χ3v) is 5.24. The van der Waals surface area contributed by atoms with E-state index in [0.29, 0.717) is 6.07 Å². The first-order valence-electron chi connectivity index (χ1n) is 7.92. The van der Waals surface area contributed by atoms with Crippen LogP contribution in [0.5, 0.6) is 0 Å². The monoisotopic (exact) mass is 422 g/mol. The van der Waals surface area contributed by atoms with E-state index in [4.69, 9.17) is 20.8 Å². The normalized spacial score (nSPS) is 23.1. The molecule has 3 rings (SSSR count). The molecule has 11 heteroatoms. The van der Waals surface area contributed by atoms with Crippen LogP contribution in [0.2, 0.25) is 5.02 Å². The molecule has 2 aromatic rings. The van der Waals surface area contributed by atoms with Crippen molar-refractivity contribution in [2.24, 2.45) is 0 Å². The van der Waals surface area contributed by atoms with Crippen molar-refractivity contribution in [2.45, 2.75) is 31.1 Å². The molecule has 0 spiro atoms. The number of hydrogen-bond acceptors (Lipinski definition) is 6. The first-order valence-corrected chi connectivity index (χ1v) is 10.2. The molecular weight excluding hydrogens is 406 g/mol. The van der Waals surface area contributed by atoms with Gasteiger partial charge in [0.15, 0.2) is 0 Å². The molecule has 1 fully saturated rings. The number of oxazole rings is 1. The van der Waals surface area contributed by atoms with Crippen molar-refractivity contribution in [2.75, 3.05) is 12.9 Å². The Morgan fingerprint density at radius 3 is 2.78 bits per heavy atom. The van der Waals surface area contributed by atoms with Gasteiger partial charge in [-0.05, 0) is 11.6 Å². The summed E-state index contributed by atoms with van der Waals surface area (Å²) in [6, 6.07) is 1.22. The van der Waals surface area contributed by atoms with Crippen LogP contribution in [0.25, 0.3) is 0 Å². The van der Waals surface area contributed by atoms with Crippen molar-refractivity contribution in [1.82, 2.24) is 9.71 Å². The number of ether oxygens (including phenoxy) is 1. The fourth-order valence-electron chi connectivity index (χ4n) is 3.10. The lowest BCUT2D eigenvalue weighted by atomic mass is 9.90. The van der Waals surface area contributed by atoms with Crippen molar-refractivity contribution >= 4 is 21.6 Å². The molecule has 2 atom stereocenters. The highest BCUT2D eigenvalue weighted by atomic mass is 35.5. The molecule has 1 aromatic carbocycles. The van der Waals surface area contributed by atoms with Crippen molar-refractivity contribution in [3.8, 4) is 0 Å². The number of rotatable bonds is 6. The topological polar surface area (TPSA) is 102 Å². The van der Waals surface area contributed by atoms with Gasteiger partial charge in [0.05, 0.1) is 24.5 Å². The van der Waals surface area contributed by atoms with Gasteiger partial charge in [0.1, 0.15) is 29.2 Å². The second kappa shape index (κ2) is 7.44. The number of aliphatic hydroxyl groups excluding tert-OH is 1. The zero-order valence-corrected chi connectivity index (χ0v) is 15.8. The minimum absolute atomic E-state index is 0.000451. The Labute approximate surface area is 159 Å². The van der Waals surface area contributed by atoms with Gasteiger partial charge < -0.3 is 14.3 Å². The molecule has 1 aromatic heterocycles. The maximum Gasteiger partial charge on any atom is 0.227 e. The number of nitrogens with zero attached hydrogens (tertiary/aromatic N) is 1. The third-order valence-electron chi connectivity index (χ3n) is 4.19. The summed E-state index contributed by atoms with van der Waals surface area (Å²) < 4.78 is 64.4. The van der Waals surface area contributed by atoms with Crippen LogP contribution in [0.4, 0.5) is 8.78 Å². The van der Waals surface area contributed by atoms with E-state index in [2.05, 4.69) is 9.71 Å². The molecule has 1 saturated heterocycles. The lowest BCUT2D eigenvalue weighted by Crippen LogP contribution is -2.36. The second-order valence-electron chi connectivity index (χ2n) is 6.43. The molecule has 7 nitrogen and oxygen atoms in total. The van der Waals surface area contributed by atoms with Crippen LogP contribution >= 0.6 is 11.6 Å². The largest absolute Gasteiger partial charge is 0.446 e. The molecule has 0 amide bonds. The van der Waals surface area contributed by atoms with Gasteiger partial charge in [0.2, 0.25) is 15.9 Å². The average molecular weight is 423 g/mol. The molecule has 2 N–H and O–H groups in total. The summed E-state index contributed by atoms with van der Waals surface area (Å²) in [7, 11) is -3.50. The summed E-state index contributed by atoms with van der Waals surface area (Å²) >= 11 is 5.76. The molecule has 0 unspecified atom stereocenters. The van der Waals surface area contributed by atoms with Crippen molar-refractivity contribution in [1.29, 1.82) is 0 Å². The quantitative estimate of drug-likeness (QED) is 0.689. The van der Waals surface area contributed by atoms with E-state index < -0.39 is 33.3 Å². The predicted molar refractivity (Wildman–Crippen MR) is 91.5 cm³/mol. The molecule has 0 bridgehead atoms. The van der Waals surface area contributed by atoms with Crippen LogP contribution in [-0.2, 0) is 33.4 Å². The van der Waals surface area contributed by atoms with Gasteiger partial charge in [-0.3, -0.25) is 0 Å². The van der Waals surface area contributed by atoms with E-state index in [1.165, 1.54) is 6.26 Å². The molecule has 1 aliphatic heterocycles. The lowest BCUT2D eigenvalue weighted by Gasteiger charge is -2.25. The van der Waals surface area contributed by atoms with Crippen LogP contribution in [0, 0.1) is 11.6 Å². The van der Waals surface area contributed by atoms with Gasteiger partial charge in [-0.25, -0.2) is 26.9 Å². The Hall–Kier alpha value is -1.59. The van der Waals surface area contributed by atoms with E-state index in [0.717, 1.165) is 12.3 Å². The average Bonchev–Trinajstić information content (AvgIpc) is 3.19. The smallest absolute Gasteiger partial charge is 0.227 e. The molecule has 27 heavy (non-hydrogen) atoms. The van der Waals surface area contributed by atoms with Gasteiger partial charge in [0.25, 0.3) is 0 Å². The lowest BCUT2D eigenvalue weighted by molar-refractivity contribution is -0.0221. The molecular formula is C16H17ClF2N2O5S. The zero-order valence-electron chi connectivity index (χ0n) is 14.2. The fourth-order valence-corrected chi connectivity index (χ4v) is 4.04. The van der Waals surface area contributed by atoms with Gasteiger partial charge in [-0.1, -0.05) is 11.6 Å². The van der Waals surface area contributed by atoms with E-state index in [1.807, 2.05) is 0 Å². The van der Waals surface area contributed by atoms with Crippen LogP contribution in [0.1, 0.15) is 23.6 Å². The summed E-state index contributed by atoms with van der Waals surface area (Å²) in [5, 5.41) is 8.95. The first-order chi connectivity index (χ1) is 12.6. The number of hydrogen-bond donors (Lipinski definition) is 2. The zero-order chi connectivity index (χ0) is 19.8. The SMILES string of the molecule is CS(=O)(=O)N[C@H]1CO[C@](Cc2cc(Cl)c(F)cc2F)(c2nc(CO)co2)C1. The Morgan fingerprint density at radius 1 is 1.41 bits per heavy atom. The van der Waals surface area contributed by atoms with Crippen LogP contribution in [0.3, 0.4) is 0 Å². The van der Waals surface area contributed by atoms with Gasteiger partial charge >= 0.3 is 0 Å². The standard InChI is InChI=1S/C16H17ClF2N2O5S/c1-27(23,24)21-10-5-16(26-8-10,15-20-11(6-22)7-25-15)4-9-2-12(17)14(19)3-13(9)18/h2-3,7,10,21-22H,4-6,8H2,1H3/t10-,16+/m1/s1.